The minimum absolute atomic E-state index is 0.118. The van der Waals surface area contributed by atoms with Gasteiger partial charge in [-0.3, -0.25) is 19.8 Å². The molecule has 0 bridgehead atoms. The van der Waals surface area contributed by atoms with Crippen molar-refractivity contribution >= 4 is 27.7 Å². The molecule has 17 heavy (non-hydrogen) atoms. The van der Waals surface area contributed by atoms with E-state index in [4.69, 9.17) is 4.42 Å². The number of hydrogen-bond donors (Lipinski definition) is 1. The van der Waals surface area contributed by atoms with Gasteiger partial charge in [0.2, 0.25) is 11.8 Å². The predicted octanol–water partition coefficient (Wildman–Crippen LogP) is 1.28. The molecular formula is C11H13BrN2O3. The summed E-state index contributed by atoms with van der Waals surface area (Å²) in [7, 11) is 1.52. The van der Waals surface area contributed by atoms with Crippen LogP contribution >= 0.6 is 15.9 Å². The third-order valence-corrected chi connectivity index (χ3v) is 3.56. The lowest BCUT2D eigenvalue weighted by Gasteiger charge is -2.28. The fourth-order valence-corrected chi connectivity index (χ4v) is 2.11. The number of imide groups is 1. The number of hydrogen-bond acceptors (Lipinski definition) is 4. The maximum atomic E-state index is 11.8. The van der Waals surface area contributed by atoms with Crippen LogP contribution in [0.25, 0.3) is 0 Å². The highest BCUT2D eigenvalue weighted by Crippen LogP contribution is 2.18. The third-order valence-electron chi connectivity index (χ3n) is 2.85. The first-order valence-electron chi connectivity index (χ1n) is 5.35. The van der Waals surface area contributed by atoms with E-state index < -0.39 is 0 Å². The maximum Gasteiger partial charge on any atom is 0.246 e. The number of nitrogens with zero attached hydrogens (tertiary/aromatic N) is 1. The van der Waals surface area contributed by atoms with Gasteiger partial charge in [-0.2, -0.15) is 0 Å². The number of amides is 2. The summed E-state index contributed by atoms with van der Waals surface area (Å²) in [6.45, 7) is 0.464. The fraction of sp³-hybridized carbons (Fsp3) is 0.455. The number of nitrogens with one attached hydrogen (secondary N) is 1. The van der Waals surface area contributed by atoms with Gasteiger partial charge < -0.3 is 4.42 Å². The molecule has 1 N–H and O–H groups in total. The summed E-state index contributed by atoms with van der Waals surface area (Å²) in [4.78, 5) is 24.2. The van der Waals surface area contributed by atoms with Crippen molar-refractivity contribution in [3.8, 4) is 0 Å². The van der Waals surface area contributed by atoms with Crippen molar-refractivity contribution in [3.05, 3.63) is 22.6 Å². The highest BCUT2D eigenvalue weighted by Gasteiger charge is 2.31. The van der Waals surface area contributed by atoms with Gasteiger partial charge in [-0.1, -0.05) is 0 Å². The van der Waals surface area contributed by atoms with Crippen molar-refractivity contribution in [2.75, 3.05) is 7.05 Å². The number of carbonyl (C=O) groups is 2. The Balaban J connectivity index is 1.94. The molecule has 1 aliphatic heterocycles. The third kappa shape index (κ3) is 2.58. The van der Waals surface area contributed by atoms with Gasteiger partial charge in [0.15, 0.2) is 0 Å². The zero-order valence-electron chi connectivity index (χ0n) is 9.40. The van der Waals surface area contributed by atoms with E-state index in [9.17, 15) is 9.59 Å². The minimum Gasteiger partial charge on any atom is -0.467 e. The van der Waals surface area contributed by atoms with Crippen LogP contribution in [-0.4, -0.2) is 29.8 Å². The molecule has 0 spiro atoms. The van der Waals surface area contributed by atoms with Crippen LogP contribution in [-0.2, 0) is 16.1 Å². The molecule has 92 valence electrons. The standard InChI is InChI=1S/C11H13BrN2O3/c1-14-10(15)3-2-8(11(14)16)13-6-9-7(12)4-5-17-9/h4-5,8,13H,2-3,6H2,1H3. The molecule has 0 radical (unpaired) electrons. The second-order valence-electron chi connectivity index (χ2n) is 3.95. The Hall–Kier alpha value is -1.14. The van der Waals surface area contributed by atoms with Gasteiger partial charge in [0, 0.05) is 13.5 Å². The van der Waals surface area contributed by atoms with Crippen molar-refractivity contribution in [3.63, 3.8) is 0 Å². The second-order valence-corrected chi connectivity index (χ2v) is 4.81. The van der Waals surface area contributed by atoms with E-state index in [1.807, 2.05) is 0 Å². The smallest absolute Gasteiger partial charge is 0.246 e. The van der Waals surface area contributed by atoms with Crippen LogP contribution in [0.1, 0.15) is 18.6 Å². The first kappa shape index (κ1) is 12.3. The second kappa shape index (κ2) is 5.01. The van der Waals surface area contributed by atoms with Crippen molar-refractivity contribution in [1.29, 1.82) is 0 Å². The normalized spacial score (nSPS) is 21.1. The number of halogens is 1. The van der Waals surface area contributed by atoms with Crippen LogP contribution in [0.3, 0.4) is 0 Å². The van der Waals surface area contributed by atoms with E-state index in [1.54, 1.807) is 12.3 Å². The van der Waals surface area contributed by atoms with Crippen molar-refractivity contribution in [1.82, 2.24) is 10.2 Å². The number of rotatable bonds is 3. The summed E-state index contributed by atoms with van der Waals surface area (Å²) < 4.78 is 6.11. The van der Waals surface area contributed by atoms with Crippen molar-refractivity contribution < 1.29 is 14.0 Å². The predicted molar refractivity (Wildman–Crippen MR) is 64.0 cm³/mol. The van der Waals surface area contributed by atoms with Crippen LogP contribution in [0.4, 0.5) is 0 Å². The molecule has 2 amide bonds. The lowest BCUT2D eigenvalue weighted by Crippen LogP contribution is -2.51. The first-order valence-corrected chi connectivity index (χ1v) is 6.14. The summed E-state index contributed by atoms with van der Waals surface area (Å²) in [6, 6.07) is 1.49. The van der Waals surface area contributed by atoms with E-state index >= 15 is 0 Å². The Kier molecular flexibility index (Phi) is 3.63. The average Bonchev–Trinajstić information content (AvgIpc) is 2.71. The Bertz CT molecular complexity index is 444. The summed E-state index contributed by atoms with van der Waals surface area (Å²) in [5, 5.41) is 3.10. The van der Waals surface area contributed by atoms with Gasteiger partial charge in [-0.25, -0.2) is 0 Å². The number of furan rings is 1. The zero-order valence-corrected chi connectivity index (χ0v) is 11.0. The molecule has 1 aliphatic rings. The highest BCUT2D eigenvalue weighted by molar-refractivity contribution is 9.10. The van der Waals surface area contributed by atoms with Gasteiger partial charge in [0.25, 0.3) is 0 Å². The monoisotopic (exact) mass is 300 g/mol. The maximum absolute atomic E-state index is 11.8. The molecule has 1 atom stereocenters. The van der Waals surface area contributed by atoms with E-state index in [-0.39, 0.29) is 17.9 Å². The van der Waals surface area contributed by atoms with E-state index in [0.717, 1.165) is 10.2 Å². The molecule has 0 saturated carbocycles. The lowest BCUT2D eigenvalue weighted by atomic mass is 10.0. The molecule has 0 aromatic carbocycles. The van der Waals surface area contributed by atoms with Crippen molar-refractivity contribution in [2.45, 2.75) is 25.4 Å². The Morgan fingerprint density at radius 2 is 2.35 bits per heavy atom. The zero-order chi connectivity index (χ0) is 12.4. The number of piperidine rings is 1. The van der Waals surface area contributed by atoms with Crippen LogP contribution in [0.2, 0.25) is 0 Å². The number of likely N-dealkylation sites (N-methyl/N-ethyl adjacent to an activating group) is 1. The van der Waals surface area contributed by atoms with Crippen LogP contribution in [0.5, 0.6) is 0 Å². The topological polar surface area (TPSA) is 62.6 Å². The molecular weight excluding hydrogens is 288 g/mol. The Morgan fingerprint density at radius 1 is 1.59 bits per heavy atom. The van der Waals surface area contributed by atoms with Gasteiger partial charge in [0.1, 0.15) is 5.76 Å². The summed E-state index contributed by atoms with van der Waals surface area (Å²) in [6.07, 6.45) is 2.53. The molecule has 2 heterocycles. The average molecular weight is 301 g/mol. The molecule has 2 rings (SSSR count). The molecule has 1 saturated heterocycles. The quantitative estimate of drug-likeness (QED) is 0.854. The van der Waals surface area contributed by atoms with Crippen LogP contribution in [0, 0.1) is 0 Å². The Labute approximate surface area is 107 Å². The minimum atomic E-state index is -0.310. The van der Waals surface area contributed by atoms with Gasteiger partial charge in [0.05, 0.1) is 23.3 Å². The first-order chi connectivity index (χ1) is 8.09. The molecule has 5 nitrogen and oxygen atoms in total. The number of likely N-dealkylation sites (tertiary alicyclic amines) is 1. The largest absolute Gasteiger partial charge is 0.467 e. The molecule has 1 aromatic heterocycles. The molecule has 0 aliphatic carbocycles. The van der Waals surface area contributed by atoms with Gasteiger partial charge in [-0.15, -0.1) is 0 Å². The molecule has 6 heteroatoms. The molecule has 1 aromatic rings. The summed E-state index contributed by atoms with van der Waals surface area (Å²) in [5.74, 6) is 0.452. The highest BCUT2D eigenvalue weighted by atomic mass is 79.9. The summed E-state index contributed by atoms with van der Waals surface area (Å²) in [5.41, 5.74) is 0. The van der Waals surface area contributed by atoms with Crippen LogP contribution in [0.15, 0.2) is 21.2 Å². The van der Waals surface area contributed by atoms with Crippen LogP contribution < -0.4 is 5.32 Å². The molecule has 1 fully saturated rings. The SMILES string of the molecule is CN1C(=O)CCC(NCc2occc2Br)C1=O. The van der Waals surface area contributed by atoms with E-state index in [0.29, 0.717) is 19.4 Å². The van der Waals surface area contributed by atoms with E-state index in [2.05, 4.69) is 21.2 Å². The Morgan fingerprint density at radius 3 is 3.00 bits per heavy atom. The van der Waals surface area contributed by atoms with Crippen molar-refractivity contribution in [2.24, 2.45) is 0 Å². The fourth-order valence-electron chi connectivity index (χ4n) is 1.77. The van der Waals surface area contributed by atoms with Gasteiger partial charge in [-0.05, 0) is 28.4 Å². The van der Waals surface area contributed by atoms with Gasteiger partial charge >= 0.3 is 0 Å². The lowest BCUT2D eigenvalue weighted by molar-refractivity contribution is -0.148. The summed E-state index contributed by atoms with van der Waals surface area (Å²) >= 11 is 3.34. The molecule has 1 unspecified atom stereocenters. The van der Waals surface area contributed by atoms with E-state index in [1.165, 1.54) is 11.9 Å². The number of carbonyl (C=O) groups excluding carboxylic acids is 2.